The van der Waals surface area contributed by atoms with Gasteiger partial charge in [-0.3, -0.25) is 0 Å². The zero-order chi connectivity index (χ0) is 13.8. The summed E-state index contributed by atoms with van der Waals surface area (Å²) in [5.41, 5.74) is 3.92. The molecular weight excluding hydrogens is 252 g/mol. The van der Waals surface area contributed by atoms with Crippen LogP contribution in [0.2, 0.25) is 0 Å². The van der Waals surface area contributed by atoms with Crippen LogP contribution in [0.15, 0.2) is 24.4 Å². The lowest BCUT2D eigenvalue weighted by atomic mass is 10.0. The van der Waals surface area contributed by atoms with E-state index in [0.29, 0.717) is 6.04 Å². The van der Waals surface area contributed by atoms with Crippen molar-refractivity contribution in [2.24, 2.45) is 0 Å². The maximum absolute atomic E-state index is 4.60. The Morgan fingerprint density at radius 2 is 2.11 bits per heavy atom. The predicted octanol–water partition coefficient (Wildman–Crippen LogP) is 4.49. The van der Waals surface area contributed by atoms with Gasteiger partial charge in [-0.15, -0.1) is 11.3 Å². The summed E-state index contributed by atoms with van der Waals surface area (Å²) in [4.78, 5) is 5.91. The lowest BCUT2D eigenvalue weighted by molar-refractivity contribution is 0.577. The number of hydrogen-bond acceptors (Lipinski definition) is 3. The minimum absolute atomic E-state index is 0.385. The van der Waals surface area contributed by atoms with Gasteiger partial charge in [-0.05, 0) is 44.9 Å². The first-order chi connectivity index (χ1) is 9.13. The Hall–Kier alpha value is -1.19. The largest absolute Gasteiger partial charge is 0.309 e. The molecule has 0 radical (unpaired) electrons. The van der Waals surface area contributed by atoms with Crippen molar-refractivity contribution in [2.45, 2.75) is 40.2 Å². The van der Waals surface area contributed by atoms with Gasteiger partial charge in [0.15, 0.2) is 0 Å². The Morgan fingerprint density at radius 3 is 2.84 bits per heavy atom. The van der Waals surface area contributed by atoms with Crippen molar-refractivity contribution in [1.29, 1.82) is 0 Å². The number of nitrogens with zero attached hydrogens (tertiary/aromatic N) is 1. The molecule has 102 valence electrons. The summed E-state index contributed by atoms with van der Waals surface area (Å²) in [6, 6.07) is 6.81. The van der Waals surface area contributed by atoms with Gasteiger partial charge in [0.1, 0.15) is 5.01 Å². The lowest BCUT2D eigenvalue weighted by Crippen LogP contribution is -2.18. The quantitative estimate of drug-likeness (QED) is 0.869. The second-order valence-electron chi connectivity index (χ2n) is 4.99. The monoisotopic (exact) mass is 274 g/mol. The molecule has 2 rings (SSSR count). The maximum atomic E-state index is 4.60. The molecule has 1 unspecified atom stereocenters. The maximum Gasteiger partial charge on any atom is 0.123 e. The molecule has 1 heterocycles. The van der Waals surface area contributed by atoms with Crippen molar-refractivity contribution in [3.63, 3.8) is 0 Å². The topological polar surface area (TPSA) is 24.9 Å². The van der Waals surface area contributed by atoms with Gasteiger partial charge in [-0.2, -0.15) is 0 Å². The Bertz CT molecular complexity index is 545. The Labute approximate surface area is 119 Å². The number of thiazole rings is 1. The van der Waals surface area contributed by atoms with Crippen LogP contribution in [0.1, 0.15) is 42.3 Å². The zero-order valence-corrected chi connectivity index (χ0v) is 13.0. The summed E-state index contributed by atoms with van der Waals surface area (Å²) in [5, 5.41) is 4.64. The molecule has 0 fully saturated rings. The normalized spacial score (nSPS) is 12.6. The second-order valence-corrected chi connectivity index (χ2v) is 6.05. The molecule has 3 heteroatoms. The summed E-state index contributed by atoms with van der Waals surface area (Å²) in [6.45, 7) is 9.77. The molecule has 0 saturated heterocycles. The van der Waals surface area contributed by atoms with Crippen molar-refractivity contribution in [1.82, 2.24) is 10.3 Å². The van der Waals surface area contributed by atoms with E-state index >= 15 is 0 Å². The van der Waals surface area contributed by atoms with Crippen molar-refractivity contribution < 1.29 is 0 Å². The number of aryl methyl sites for hydroxylation is 1. The molecule has 19 heavy (non-hydrogen) atoms. The summed E-state index contributed by atoms with van der Waals surface area (Å²) in [5.74, 6) is 0. The third kappa shape index (κ3) is 3.23. The number of rotatable bonds is 5. The highest BCUT2D eigenvalue weighted by atomic mass is 32.1. The van der Waals surface area contributed by atoms with E-state index in [0.717, 1.165) is 18.0 Å². The first-order valence-electron chi connectivity index (χ1n) is 6.89. The molecular formula is C16H22N2S. The van der Waals surface area contributed by atoms with Crippen LogP contribution in [0.3, 0.4) is 0 Å². The van der Waals surface area contributed by atoms with Crippen molar-refractivity contribution >= 4 is 11.3 Å². The van der Waals surface area contributed by atoms with Gasteiger partial charge in [0.05, 0.1) is 0 Å². The smallest absolute Gasteiger partial charge is 0.123 e. The molecule has 0 amide bonds. The fourth-order valence-corrected chi connectivity index (χ4v) is 3.08. The molecule has 0 spiro atoms. The average Bonchev–Trinajstić information content (AvgIpc) is 2.88. The van der Waals surface area contributed by atoms with E-state index in [1.807, 2.05) is 6.20 Å². The van der Waals surface area contributed by atoms with Gasteiger partial charge >= 0.3 is 0 Å². The fraction of sp³-hybridized carbons (Fsp3) is 0.438. The highest BCUT2D eigenvalue weighted by Crippen LogP contribution is 2.31. The molecule has 1 N–H and O–H groups in total. The summed E-state index contributed by atoms with van der Waals surface area (Å²) < 4.78 is 0. The Morgan fingerprint density at radius 1 is 1.32 bits per heavy atom. The number of nitrogens with one attached hydrogen (secondary N) is 1. The van der Waals surface area contributed by atoms with Crippen molar-refractivity contribution in [3.05, 3.63) is 40.4 Å². The van der Waals surface area contributed by atoms with E-state index in [-0.39, 0.29) is 0 Å². The van der Waals surface area contributed by atoms with Gasteiger partial charge in [0.2, 0.25) is 0 Å². The van der Waals surface area contributed by atoms with Gasteiger partial charge in [0.25, 0.3) is 0 Å². The van der Waals surface area contributed by atoms with E-state index < -0.39 is 0 Å². The fourth-order valence-electron chi connectivity index (χ4n) is 2.06. The van der Waals surface area contributed by atoms with E-state index in [1.165, 1.54) is 21.6 Å². The molecule has 0 bridgehead atoms. The first-order valence-corrected chi connectivity index (χ1v) is 7.70. The highest BCUT2D eigenvalue weighted by molar-refractivity contribution is 7.15. The summed E-state index contributed by atoms with van der Waals surface area (Å²) in [6.07, 6.45) is 3.17. The molecule has 0 aliphatic heterocycles. The standard InChI is InChI=1S/C16H22N2S/c1-5-9-17-13(4)15-10-18-16(19-15)14-8-6-7-11(2)12(14)3/h6-8,10,13,17H,5,9H2,1-4H3. The van der Waals surface area contributed by atoms with E-state index in [1.54, 1.807) is 11.3 Å². The number of hydrogen-bond donors (Lipinski definition) is 1. The average molecular weight is 274 g/mol. The summed E-state index contributed by atoms with van der Waals surface area (Å²) >= 11 is 1.79. The molecule has 0 aliphatic rings. The molecule has 2 aromatic rings. The van der Waals surface area contributed by atoms with E-state index in [9.17, 15) is 0 Å². The predicted molar refractivity (Wildman–Crippen MR) is 83.7 cm³/mol. The van der Waals surface area contributed by atoms with Crippen LogP contribution in [0.4, 0.5) is 0 Å². The van der Waals surface area contributed by atoms with Crippen molar-refractivity contribution in [2.75, 3.05) is 6.54 Å². The number of benzene rings is 1. The Kier molecular flexibility index (Phi) is 4.72. The van der Waals surface area contributed by atoms with Crippen LogP contribution in [-0.4, -0.2) is 11.5 Å². The SMILES string of the molecule is CCCNC(C)c1cnc(-c2cccc(C)c2C)s1. The van der Waals surface area contributed by atoms with E-state index in [4.69, 9.17) is 0 Å². The summed E-state index contributed by atoms with van der Waals surface area (Å²) in [7, 11) is 0. The minimum Gasteiger partial charge on any atom is -0.309 e. The third-order valence-corrected chi connectivity index (χ3v) is 4.70. The molecule has 1 atom stereocenters. The van der Waals surface area contributed by atoms with E-state index in [2.05, 4.69) is 56.2 Å². The highest BCUT2D eigenvalue weighted by Gasteiger charge is 2.12. The van der Waals surface area contributed by atoms with Crippen LogP contribution < -0.4 is 5.32 Å². The van der Waals surface area contributed by atoms with Crippen LogP contribution in [0.5, 0.6) is 0 Å². The second kappa shape index (κ2) is 6.31. The van der Waals surface area contributed by atoms with Crippen LogP contribution in [-0.2, 0) is 0 Å². The number of aromatic nitrogens is 1. The molecule has 1 aromatic carbocycles. The molecule has 1 aromatic heterocycles. The third-order valence-electron chi connectivity index (χ3n) is 3.49. The molecule has 2 nitrogen and oxygen atoms in total. The molecule has 0 aliphatic carbocycles. The Balaban J connectivity index is 2.23. The van der Waals surface area contributed by atoms with Gasteiger partial charge in [0, 0.05) is 22.7 Å². The lowest BCUT2D eigenvalue weighted by Gasteiger charge is -2.10. The minimum atomic E-state index is 0.385. The van der Waals surface area contributed by atoms with Gasteiger partial charge in [-0.1, -0.05) is 25.1 Å². The molecule has 0 saturated carbocycles. The first kappa shape index (κ1) is 14.2. The van der Waals surface area contributed by atoms with Crippen LogP contribution in [0, 0.1) is 13.8 Å². The van der Waals surface area contributed by atoms with Crippen LogP contribution in [0.25, 0.3) is 10.6 Å². The van der Waals surface area contributed by atoms with Gasteiger partial charge < -0.3 is 5.32 Å². The van der Waals surface area contributed by atoms with Gasteiger partial charge in [-0.25, -0.2) is 4.98 Å². The van der Waals surface area contributed by atoms with Crippen LogP contribution >= 0.6 is 11.3 Å². The van der Waals surface area contributed by atoms with Crippen molar-refractivity contribution in [3.8, 4) is 10.6 Å². The zero-order valence-electron chi connectivity index (χ0n) is 12.2.